The Balaban J connectivity index is 1.18. The zero-order valence-electron chi connectivity index (χ0n) is 19.7. The molecule has 0 radical (unpaired) electrons. The number of aromatic nitrogens is 2. The molecule has 1 aliphatic heterocycles. The van der Waals surface area contributed by atoms with Gasteiger partial charge in [0, 0.05) is 49.7 Å². The van der Waals surface area contributed by atoms with Crippen LogP contribution in [-0.4, -0.2) is 66.2 Å². The summed E-state index contributed by atoms with van der Waals surface area (Å²) in [5.74, 6) is -0.727. The number of carbonyl (C=O) groups is 2. The van der Waals surface area contributed by atoms with Crippen molar-refractivity contribution in [2.24, 2.45) is 0 Å². The number of halogens is 1. The molecule has 184 valence electrons. The van der Waals surface area contributed by atoms with Crippen LogP contribution in [0.15, 0.2) is 48.5 Å². The lowest BCUT2D eigenvalue weighted by atomic mass is 10.2. The van der Waals surface area contributed by atoms with Crippen LogP contribution < -0.4 is 15.5 Å². The number of nitrogens with zero attached hydrogens (tertiary/aromatic N) is 4. The third-order valence-corrected chi connectivity index (χ3v) is 6.91. The van der Waals surface area contributed by atoms with Gasteiger partial charge in [-0.3, -0.25) is 14.5 Å². The smallest absolute Gasteiger partial charge is 0.286 e. The van der Waals surface area contributed by atoms with Crippen LogP contribution >= 0.6 is 11.3 Å². The Morgan fingerprint density at radius 1 is 1.03 bits per heavy atom. The first kappa shape index (κ1) is 24.7. The van der Waals surface area contributed by atoms with Crippen molar-refractivity contribution >= 4 is 34.5 Å². The molecule has 35 heavy (non-hydrogen) atoms. The second kappa shape index (κ2) is 11.9. The zero-order chi connectivity index (χ0) is 24.6. The number of piperazine rings is 1. The van der Waals surface area contributed by atoms with Crippen LogP contribution in [0.5, 0.6) is 0 Å². The summed E-state index contributed by atoms with van der Waals surface area (Å²) in [4.78, 5) is 29.6. The van der Waals surface area contributed by atoms with Crippen molar-refractivity contribution in [3.8, 4) is 0 Å². The number of rotatable bonds is 9. The molecule has 8 nitrogen and oxygen atoms in total. The average molecular weight is 497 g/mol. The molecule has 1 fully saturated rings. The molecule has 0 bridgehead atoms. The maximum absolute atomic E-state index is 13.1. The van der Waals surface area contributed by atoms with Crippen LogP contribution in [0.2, 0.25) is 0 Å². The first-order valence-electron chi connectivity index (χ1n) is 11.8. The van der Waals surface area contributed by atoms with Crippen molar-refractivity contribution in [2.45, 2.75) is 19.8 Å². The summed E-state index contributed by atoms with van der Waals surface area (Å²) in [6.45, 7) is 7.08. The third-order valence-electron chi connectivity index (χ3n) is 5.85. The van der Waals surface area contributed by atoms with E-state index in [-0.39, 0.29) is 17.6 Å². The predicted octanol–water partition coefficient (Wildman–Crippen LogP) is 3.43. The van der Waals surface area contributed by atoms with Gasteiger partial charge in [0.2, 0.25) is 5.01 Å². The van der Waals surface area contributed by atoms with E-state index < -0.39 is 0 Å². The minimum Gasteiger partial charge on any atom is -0.369 e. The molecule has 4 rings (SSSR count). The summed E-state index contributed by atoms with van der Waals surface area (Å²) >= 11 is 1.26. The fourth-order valence-corrected chi connectivity index (χ4v) is 4.57. The molecule has 2 N–H and O–H groups in total. The SMILES string of the molecule is CCc1nnc(C(=O)Nc2cccc(C(=O)NCCCN3CCN(c4ccc(F)cc4)CC3)c2)s1. The van der Waals surface area contributed by atoms with Crippen molar-refractivity contribution in [3.63, 3.8) is 0 Å². The molecule has 10 heteroatoms. The van der Waals surface area contributed by atoms with Gasteiger partial charge in [0.1, 0.15) is 10.8 Å². The molecule has 0 spiro atoms. The maximum atomic E-state index is 13.1. The summed E-state index contributed by atoms with van der Waals surface area (Å²) in [6.07, 6.45) is 1.57. The highest BCUT2D eigenvalue weighted by Gasteiger charge is 2.17. The van der Waals surface area contributed by atoms with E-state index in [1.54, 1.807) is 24.3 Å². The fraction of sp³-hybridized carbons (Fsp3) is 0.360. The normalized spacial score (nSPS) is 14.1. The Labute approximate surface area is 208 Å². The molecule has 0 atom stereocenters. The summed E-state index contributed by atoms with van der Waals surface area (Å²) in [5.41, 5.74) is 2.07. The minimum atomic E-state index is -0.334. The number of aryl methyl sites for hydroxylation is 1. The van der Waals surface area contributed by atoms with E-state index in [0.717, 1.165) is 56.3 Å². The van der Waals surface area contributed by atoms with Gasteiger partial charge >= 0.3 is 0 Å². The highest BCUT2D eigenvalue weighted by molar-refractivity contribution is 7.13. The molecule has 0 unspecified atom stereocenters. The van der Waals surface area contributed by atoms with E-state index >= 15 is 0 Å². The number of benzene rings is 2. The van der Waals surface area contributed by atoms with Crippen LogP contribution in [0.1, 0.15) is 38.5 Å². The lowest BCUT2D eigenvalue weighted by molar-refractivity contribution is 0.0950. The standard InChI is InChI=1S/C25H29FN6O2S/c1-2-22-29-30-25(35-22)24(34)28-20-6-3-5-18(17-20)23(33)27-11-4-12-31-13-15-32(16-14-31)21-9-7-19(26)8-10-21/h3,5-10,17H,2,4,11-16H2,1H3,(H,27,33)(H,28,34). The van der Waals surface area contributed by atoms with Crippen molar-refractivity contribution in [2.75, 3.05) is 49.5 Å². The number of amides is 2. The van der Waals surface area contributed by atoms with Gasteiger partial charge in [-0.05, 0) is 61.9 Å². The molecular formula is C25H29FN6O2S. The Morgan fingerprint density at radius 3 is 2.51 bits per heavy atom. The van der Waals surface area contributed by atoms with Gasteiger partial charge in [-0.2, -0.15) is 0 Å². The Hall–Kier alpha value is -3.37. The Bertz CT molecular complexity index is 1140. The molecule has 0 saturated carbocycles. The molecule has 1 aliphatic rings. The van der Waals surface area contributed by atoms with Crippen molar-refractivity contribution in [1.29, 1.82) is 0 Å². The molecule has 2 heterocycles. The van der Waals surface area contributed by atoms with E-state index in [4.69, 9.17) is 0 Å². The summed E-state index contributed by atoms with van der Waals surface area (Å²) in [7, 11) is 0. The lowest BCUT2D eigenvalue weighted by Crippen LogP contribution is -2.47. The van der Waals surface area contributed by atoms with Crippen molar-refractivity contribution in [1.82, 2.24) is 20.4 Å². The van der Waals surface area contributed by atoms with E-state index in [1.807, 2.05) is 19.1 Å². The van der Waals surface area contributed by atoms with Gasteiger partial charge in [-0.25, -0.2) is 4.39 Å². The van der Waals surface area contributed by atoms with Gasteiger partial charge in [0.05, 0.1) is 0 Å². The number of hydrogen-bond acceptors (Lipinski definition) is 7. The number of nitrogens with one attached hydrogen (secondary N) is 2. The van der Waals surface area contributed by atoms with Crippen LogP contribution in [0.3, 0.4) is 0 Å². The topological polar surface area (TPSA) is 90.5 Å². The zero-order valence-corrected chi connectivity index (χ0v) is 20.5. The predicted molar refractivity (Wildman–Crippen MR) is 136 cm³/mol. The number of hydrogen-bond donors (Lipinski definition) is 2. The van der Waals surface area contributed by atoms with E-state index in [2.05, 4.69) is 30.6 Å². The van der Waals surface area contributed by atoms with Crippen LogP contribution in [-0.2, 0) is 6.42 Å². The first-order valence-corrected chi connectivity index (χ1v) is 12.6. The second-order valence-electron chi connectivity index (χ2n) is 8.30. The molecule has 1 saturated heterocycles. The number of anilines is 2. The first-order chi connectivity index (χ1) is 17.0. The second-order valence-corrected chi connectivity index (χ2v) is 9.37. The molecule has 0 aliphatic carbocycles. The number of carbonyl (C=O) groups excluding carboxylic acids is 2. The average Bonchev–Trinajstić information content (AvgIpc) is 3.37. The maximum Gasteiger partial charge on any atom is 0.286 e. The van der Waals surface area contributed by atoms with Gasteiger partial charge < -0.3 is 15.5 Å². The molecular weight excluding hydrogens is 467 g/mol. The Kier molecular flexibility index (Phi) is 8.38. The van der Waals surface area contributed by atoms with Crippen LogP contribution in [0, 0.1) is 5.82 Å². The van der Waals surface area contributed by atoms with E-state index in [0.29, 0.717) is 22.8 Å². The van der Waals surface area contributed by atoms with E-state index in [9.17, 15) is 14.0 Å². The van der Waals surface area contributed by atoms with Gasteiger partial charge in [0.25, 0.3) is 11.8 Å². The van der Waals surface area contributed by atoms with Crippen LogP contribution in [0.4, 0.5) is 15.8 Å². The van der Waals surface area contributed by atoms with E-state index in [1.165, 1.54) is 23.5 Å². The highest BCUT2D eigenvalue weighted by Crippen LogP contribution is 2.17. The minimum absolute atomic E-state index is 0.175. The summed E-state index contributed by atoms with van der Waals surface area (Å²) in [6, 6.07) is 13.5. The highest BCUT2D eigenvalue weighted by atomic mass is 32.1. The van der Waals surface area contributed by atoms with Gasteiger partial charge in [0.15, 0.2) is 0 Å². The quantitative estimate of drug-likeness (QED) is 0.441. The molecule has 3 aromatic rings. The van der Waals surface area contributed by atoms with Crippen LogP contribution in [0.25, 0.3) is 0 Å². The fourth-order valence-electron chi connectivity index (χ4n) is 3.90. The van der Waals surface area contributed by atoms with Crippen molar-refractivity contribution in [3.05, 3.63) is 69.9 Å². The third kappa shape index (κ3) is 6.83. The van der Waals surface area contributed by atoms with Gasteiger partial charge in [-0.1, -0.05) is 24.3 Å². The largest absolute Gasteiger partial charge is 0.369 e. The summed E-state index contributed by atoms with van der Waals surface area (Å²) in [5, 5.41) is 14.7. The Morgan fingerprint density at radius 2 is 1.80 bits per heavy atom. The van der Waals surface area contributed by atoms with Gasteiger partial charge in [-0.15, -0.1) is 10.2 Å². The molecule has 2 aromatic carbocycles. The summed E-state index contributed by atoms with van der Waals surface area (Å²) < 4.78 is 13.1. The molecule has 2 amide bonds. The van der Waals surface area contributed by atoms with Crippen molar-refractivity contribution < 1.29 is 14.0 Å². The molecule has 1 aromatic heterocycles. The lowest BCUT2D eigenvalue weighted by Gasteiger charge is -2.36. The monoisotopic (exact) mass is 496 g/mol.